The van der Waals surface area contributed by atoms with E-state index in [0.29, 0.717) is 18.9 Å². The van der Waals surface area contributed by atoms with Crippen LogP contribution in [-0.2, 0) is 16.0 Å². The van der Waals surface area contributed by atoms with Gasteiger partial charge < -0.3 is 15.4 Å². The molecule has 1 amide bonds. The van der Waals surface area contributed by atoms with Crippen LogP contribution in [0.4, 0.5) is 11.4 Å². The van der Waals surface area contributed by atoms with Gasteiger partial charge in [0.1, 0.15) is 0 Å². The van der Waals surface area contributed by atoms with E-state index in [0.717, 1.165) is 25.1 Å². The van der Waals surface area contributed by atoms with Gasteiger partial charge in [-0.1, -0.05) is 12.1 Å². The Morgan fingerprint density at radius 2 is 2.35 bits per heavy atom. The SMILES string of the molecule is Nc1cccc2c1N(C(=O)C1CCOC1)CC2. The normalized spacial score (nSPS) is 22.8. The molecular formula is C13H16N2O2. The third kappa shape index (κ3) is 1.69. The lowest BCUT2D eigenvalue weighted by Crippen LogP contribution is -2.35. The molecule has 0 spiro atoms. The molecule has 3 rings (SSSR count). The van der Waals surface area contributed by atoms with Crippen LogP contribution in [0.15, 0.2) is 18.2 Å². The fourth-order valence-corrected chi connectivity index (χ4v) is 2.66. The maximum Gasteiger partial charge on any atom is 0.232 e. The van der Waals surface area contributed by atoms with Gasteiger partial charge in [0.05, 0.1) is 23.9 Å². The fraction of sp³-hybridized carbons (Fsp3) is 0.462. The number of anilines is 2. The maximum absolute atomic E-state index is 12.4. The smallest absolute Gasteiger partial charge is 0.232 e. The Kier molecular flexibility index (Phi) is 2.52. The van der Waals surface area contributed by atoms with E-state index in [1.165, 1.54) is 5.56 Å². The lowest BCUT2D eigenvalue weighted by atomic mass is 10.1. The Hall–Kier alpha value is -1.55. The number of amides is 1. The molecule has 1 aromatic rings. The van der Waals surface area contributed by atoms with Gasteiger partial charge in [-0.05, 0) is 24.5 Å². The monoisotopic (exact) mass is 232 g/mol. The van der Waals surface area contributed by atoms with Crippen LogP contribution in [0.1, 0.15) is 12.0 Å². The van der Waals surface area contributed by atoms with Gasteiger partial charge in [0.25, 0.3) is 0 Å². The first-order valence-corrected chi connectivity index (χ1v) is 6.04. The van der Waals surface area contributed by atoms with Crippen molar-refractivity contribution in [1.29, 1.82) is 0 Å². The summed E-state index contributed by atoms with van der Waals surface area (Å²) in [6, 6.07) is 5.85. The van der Waals surface area contributed by atoms with Crippen molar-refractivity contribution < 1.29 is 9.53 Å². The molecule has 1 fully saturated rings. The molecule has 2 aliphatic rings. The number of hydrogen-bond acceptors (Lipinski definition) is 3. The highest BCUT2D eigenvalue weighted by Crippen LogP contribution is 2.35. The number of carbonyl (C=O) groups excluding carboxylic acids is 1. The Morgan fingerprint density at radius 1 is 1.47 bits per heavy atom. The molecule has 2 aliphatic heterocycles. The Bertz CT molecular complexity index is 453. The van der Waals surface area contributed by atoms with Gasteiger partial charge in [-0.25, -0.2) is 0 Å². The van der Waals surface area contributed by atoms with Crippen LogP contribution >= 0.6 is 0 Å². The van der Waals surface area contributed by atoms with Crippen LogP contribution in [0.3, 0.4) is 0 Å². The second-order valence-corrected chi connectivity index (χ2v) is 4.66. The second-order valence-electron chi connectivity index (χ2n) is 4.66. The van der Waals surface area contributed by atoms with Gasteiger partial charge >= 0.3 is 0 Å². The molecular weight excluding hydrogens is 216 g/mol. The number of benzene rings is 1. The van der Waals surface area contributed by atoms with Crippen molar-refractivity contribution in [2.24, 2.45) is 5.92 Å². The van der Waals surface area contributed by atoms with Crippen molar-refractivity contribution >= 4 is 17.3 Å². The summed E-state index contributed by atoms with van der Waals surface area (Å²) < 4.78 is 5.28. The summed E-state index contributed by atoms with van der Waals surface area (Å²) >= 11 is 0. The van der Waals surface area contributed by atoms with Gasteiger partial charge in [0, 0.05) is 13.2 Å². The number of rotatable bonds is 1. The van der Waals surface area contributed by atoms with E-state index in [1.54, 1.807) is 0 Å². The summed E-state index contributed by atoms with van der Waals surface area (Å²) in [5.74, 6) is 0.180. The number of fused-ring (bicyclic) bond motifs is 1. The molecule has 1 atom stereocenters. The van der Waals surface area contributed by atoms with Crippen molar-refractivity contribution in [1.82, 2.24) is 0 Å². The molecule has 4 nitrogen and oxygen atoms in total. The van der Waals surface area contributed by atoms with Crippen LogP contribution < -0.4 is 10.6 Å². The van der Waals surface area contributed by atoms with E-state index in [4.69, 9.17) is 10.5 Å². The predicted octanol–water partition coefficient (Wildman–Crippen LogP) is 1.19. The predicted molar refractivity (Wildman–Crippen MR) is 65.8 cm³/mol. The van der Waals surface area contributed by atoms with Gasteiger partial charge in [-0.3, -0.25) is 4.79 Å². The summed E-state index contributed by atoms with van der Waals surface area (Å²) in [7, 11) is 0. The first-order valence-electron chi connectivity index (χ1n) is 6.04. The quantitative estimate of drug-likeness (QED) is 0.740. The molecule has 90 valence electrons. The minimum Gasteiger partial charge on any atom is -0.397 e. The Balaban J connectivity index is 1.90. The molecule has 4 heteroatoms. The van der Waals surface area contributed by atoms with Gasteiger partial charge in [0.2, 0.25) is 5.91 Å². The molecule has 0 saturated carbocycles. The minimum absolute atomic E-state index is 0.0144. The molecule has 0 radical (unpaired) electrons. The van der Waals surface area contributed by atoms with Gasteiger partial charge in [-0.2, -0.15) is 0 Å². The highest BCUT2D eigenvalue weighted by molar-refractivity contribution is 6.00. The standard InChI is InChI=1S/C13H16N2O2/c14-11-3-1-2-9-4-6-15(12(9)11)13(16)10-5-7-17-8-10/h1-3,10H,4-8,14H2. The lowest BCUT2D eigenvalue weighted by molar-refractivity contribution is -0.122. The van der Waals surface area contributed by atoms with Crippen LogP contribution in [0.25, 0.3) is 0 Å². The molecule has 1 unspecified atom stereocenters. The maximum atomic E-state index is 12.4. The lowest BCUT2D eigenvalue weighted by Gasteiger charge is -2.21. The summed E-state index contributed by atoms with van der Waals surface area (Å²) in [5, 5.41) is 0. The first-order chi connectivity index (χ1) is 8.27. The van der Waals surface area contributed by atoms with Crippen molar-refractivity contribution in [3.8, 4) is 0 Å². The summed E-state index contributed by atoms with van der Waals surface area (Å²) in [6.07, 6.45) is 1.73. The van der Waals surface area contributed by atoms with Crippen molar-refractivity contribution in [2.75, 3.05) is 30.4 Å². The Labute approximate surface area is 100 Å². The van der Waals surface area contributed by atoms with Crippen LogP contribution in [0.2, 0.25) is 0 Å². The second kappa shape index (κ2) is 4.04. The van der Waals surface area contributed by atoms with E-state index in [-0.39, 0.29) is 11.8 Å². The minimum atomic E-state index is 0.0144. The number of hydrogen-bond donors (Lipinski definition) is 1. The highest BCUT2D eigenvalue weighted by Gasteiger charge is 2.33. The summed E-state index contributed by atoms with van der Waals surface area (Å²) in [4.78, 5) is 14.2. The summed E-state index contributed by atoms with van der Waals surface area (Å²) in [5.41, 5.74) is 8.77. The third-order valence-corrected chi connectivity index (χ3v) is 3.57. The molecule has 0 bridgehead atoms. The van der Waals surface area contributed by atoms with E-state index < -0.39 is 0 Å². The largest absolute Gasteiger partial charge is 0.397 e. The molecule has 2 N–H and O–H groups in total. The van der Waals surface area contributed by atoms with Crippen LogP contribution in [0.5, 0.6) is 0 Å². The van der Waals surface area contributed by atoms with E-state index in [9.17, 15) is 4.79 Å². The molecule has 1 aromatic carbocycles. The molecule has 0 aromatic heterocycles. The average molecular weight is 232 g/mol. The van der Waals surface area contributed by atoms with Gasteiger partial charge in [-0.15, -0.1) is 0 Å². The van der Waals surface area contributed by atoms with E-state index >= 15 is 0 Å². The van der Waals surface area contributed by atoms with E-state index in [2.05, 4.69) is 0 Å². The van der Waals surface area contributed by atoms with Gasteiger partial charge in [0.15, 0.2) is 0 Å². The highest BCUT2D eigenvalue weighted by atomic mass is 16.5. The van der Waals surface area contributed by atoms with Crippen LogP contribution in [-0.4, -0.2) is 25.7 Å². The fourth-order valence-electron chi connectivity index (χ4n) is 2.66. The van der Waals surface area contributed by atoms with E-state index in [1.807, 2.05) is 23.1 Å². The number of nitrogens with zero attached hydrogens (tertiary/aromatic N) is 1. The number of carbonyl (C=O) groups is 1. The number of nitrogen functional groups attached to an aromatic ring is 1. The first kappa shape index (κ1) is 10.6. The molecule has 0 aliphatic carbocycles. The van der Waals surface area contributed by atoms with Crippen molar-refractivity contribution in [3.63, 3.8) is 0 Å². The molecule has 17 heavy (non-hydrogen) atoms. The van der Waals surface area contributed by atoms with Crippen molar-refractivity contribution in [2.45, 2.75) is 12.8 Å². The Morgan fingerprint density at radius 3 is 3.12 bits per heavy atom. The topological polar surface area (TPSA) is 55.6 Å². The zero-order valence-corrected chi connectivity index (χ0v) is 9.69. The zero-order chi connectivity index (χ0) is 11.8. The zero-order valence-electron chi connectivity index (χ0n) is 9.69. The summed E-state index contributed by atoms with van der Waals surface area (Å²) in [6.45, 7) is 2.00. The van der Waals surface area contributed by atoms with Crippen LogP contribution in [0, 0.1) is 5.92 Å². The molecule has 1 saturated heterocycles. The molecule has 2 heterocycles. The number of ether oxygens (including phenoxy) is 1. The average Bonchev–Trinajstić information content (AvgIpc) is 2.98. The number of para-hydroxylation sites is 1. The number of nitrogens with two attached hydrogens (primary N) is 1. The third-order valence-electron chi connectivity index (χ3n) is 3.57. The van der Waals surface area contributed by atoms with Crippen molar-refractivity contribution in [3.05, 3.63) is 23.8 Å².